The molecule has 0 aromatic heterocycles. The van der Waals surface area contributed by atoms with E-state index in [0.717, 1.165) is 12.8 Å². The van der Waals surface area contributed by atoms with Crippen LogP contribution in [0.1, 0.15) is 19.8 Å². The highest BCUT2D eigenvalue weighted by atomic mass is 79.9. The van der Waals surface area contributed by atoms with Gasteiger partial charge in [-0.2, -0.15) is 0 Å². The van der Waals surface area contributed by atoms with Crippen molar-refractivity contribution >= 4 is 47.6 Å². The van der Waals surface area contributed by atoms with Gasteiger partial charge in [0.2, 0.25) is 10.0 Å². The minimum atomic E-state index is -3.70. The number of nitrogens with one attached hydrogen (secondary N) is 1. The Kier molecular flexibility index (Phi) is 5.12. The molecule has 1 aromatic rings. The first-order valence-electron chi connectivity index (χ1n) is 6.19. The summed E-state index contributed by atoms with van der Waals surface area (Å²) in [7, 11) is -3.70. The molecule has 0 spiro atoms. The Morgan fingerprint density at radius 3 is 2.70 bits per heavy atom. The van der Waals surface area contributed by atoms with Crippen molar-refractivity contribution in [2.24, 2.45) is 0 Å². The third-order valence-corrected chi connectivity index (χ3v) is 6.19. The van der Waals surface area contributed by atoms with Gasteiger partial charge in [-0.25, -0.2) is 13.1 Å². The molecule has 0 aliphatic carbocycles. The van der Waals surface area contributed by atoms with Crippen LogP contribution in [0.15, 0.2) is 26.0 Å². The summed E-state index contributed by atoms with van der Waals surface area (Å²) in [5.41, 5.74) is 6.02. The Bertz CT molecular complexity index is 578. The van der Waals surface area contributed by atoms with Gasteiger partial charge in [0.1, 0.15) is 4.90 Å². The van der Waals surface area contributed by atoms with Crippen LogP contribution in [-0.4, -0.2) is 27.2 Å². The molecule has 0 amide bonds. The predicted octanol–water partition coefficient (Wildman–Crippen LogP) is 2.64. The molecule has 8 heteroatoms. The van der Waals surface area contributed by atoms with Crippen LogP contribution in [0.5, 0.6) is 0 Å². The molecule has 20 heavy (non-hydrogen) atoms. The normalized spacial score (nSPS) is 21.1. The number of nitrogen functional groups attached to an aromatic ring is 1. The number of benzene rings is 1. The molecule has 2 atom stereocenters. The first-order chi connectivity index (χ1) is 9.31. The minimum Gasteiger partial charge on any atom is -0.398 e. The van der Waals surface area contributed by atoms with E-state index in [1.54, 1.807) is 19.1 Å². The number of rotatable bonds is 4. The quantitative estimate of drug-likeness (QED) is 0.723. The number of hydrogen-bond donors (Lipinski definition) is 2. The summed E-state index contributed by atoms with van der Waals surface area (Å²) in [6, 6.07) is 2.93. The first kappa shape index (κ1) is 16.2. The number of ether oxygens (including phenoxy) is 1. The fraction of sp³-hybridized carbons (Fsp3) is 0.500. The summed E-state index contributed by atoms with van der Waals surface area (Å²) in [4.78, 5) is 0.0607. The Labute approximate surface area is 135 Å². The summed E-state index contributed by atoms with van der Waals surface area (Å²) >= 11 is 6.52. The SMILES string of the molecule is CC(NS(=O)(=O)c1c(N)cc(Br)cc1Br)C1CCCO1. The van der Waals surface area contributed by atoms with Gasteiger partial charge in [-0.05, 0) is 47.8 Å². The van der Waals surface area contributed by atoms with Gasteiger partial charge in [0.25, 0.3) is 0 Å². The summed E-state index contributed by atoms with van der Waals surface area (Å²) in [5, 5.41) is 0. The molecule has 1 saturated heterocycles. The van der Waals surface area contributed by atoms with Gasteiger partial charge in [-0.15, -0.1) is 0 Å². The van der Waals surface area contributed by atoms with Crippen molar-refractivity contribution in [1.29, 1.82) is 0 Å². The molecule has 1 fully saturated rings. The molecule has 2 unspecified atom stereocenters. The second-order valence-electron chi connectivity index (χ2n) is 4.77. The monoisotopic (exact) mass is 426 g/mol. The number of hydrogen-bond acceptors (Lipinski definition) is 4. The lowest BCUT2D eigenvalue weighted by molar-refractivity contribution is 0.0902. The first-order valence-corrected chi connectivity index (χ1v) is 9.26. The Hall–Kier alpha value is -0.150. The Morgan fingerprint density at radius 1 is 1.45 bits per heavy atom. The van der Waals surface area contributed by atoms with E-state index in [4.69, 9.17) is 10.5 Å². The minimum absolute atomic E-state index is 0.0607. The highest BCUT2D eigenvalue weighted by molar-refractivity contribution is 9.11. The number of nitrogens with two attached hydrogens (primary N) is 1. The van der Waals surface area contributed by atoms with E-state index in [1.165, 1.54) is 0 Å². The molecule has 2 rings (SSSR count). The van der Waals surface area contributed by atoms with Gasteiger partial charge in [-0.3, -0.25) is 0 Å². The van der Waals surface area contributed by atoms with Crippen LogP contribution >= 0.6 is 31.9 Å². The summed E-state index contributed by atoms with van der Waals surface area (Å²) in [6.07, 6.45) is 1.74. The van der Waals surface area contributed by atoms with Crippen molar-refractivity contribution in [3.63, 3.8) is 0 Å². The van der Waals surface area contributed by atoms with Gasteiger partial charge in [0, 0.05) is 21.6 Å². The topological polar surface area (TPSA) is 81.4 Å². The van der Waals surface area contributed by atoms with Crippen molar-refractivity contribution in [2.45, 2.75) is 36.8 Å². The van der Waals surface area contributed by atoms with Crippen LogP contribution in [0.4, 0.5) is 5.69 Å². The van der Waals surface area contributed by atoms with Gasteiger partial charge < -0.3 is 10.5 Å². The van der Waals surface area contributed by atoms with Crippen LogP contribution in [0.3, 0.4) is 0 Å². The largest absolute Gasteiger partial charge is 0.398 e. The number of halogens is 2. The lowest BCUT2D eigenvalue weighted by Gasteiger charge is -2.21. The van der Waals surface area contributed by atoms with Crippen molar-refractivity contribution in [1.82, 2.24) is 4.72 Å². The van der Waals surface area contributed by atoms with E-state index in [1.807, 2.05) is 0 Å². The van der Waals surface area contributed by atoms with Crippen molar-refractivity contribution in [3.8, 4) is 0 Å². The molecule has 1 aliphatic heterocycles. The van der Waals surface area contributed by atoms with E-state index in [9.17, 15) is 8.42 Å². The van der Waals surface area contributed by atoms with Crippen LogP contribution in [0.25, 0.3) is 0 Å². The molecule has 5 nitrogen and oxygen atoms in total. The molecule has 0 bridgehead atoms. The maximum Gasteiger partial charge on any atom is 0.244 e. The highest BCUT2D eigenvalue weighted by Gasteiger charge is 2.29. The third-order valence-electron chi connectivity index (χ3n) is 3.17. The summed E-state index contributed by atoms with van der Waals surface area (Å²) in [5.74, 6) is 0. The average Bonchev–Trinajstić information content (AvgIpc) is 2.78. The molecular formula is C12H16Br2N2O3S. The molecular weight excluding hydrogens is 412 g/mol. The zero-order chi connectivity index (χ0) is 14.9. The van der Waals surface area contributed by atoms with Crippen LogP contribution < -0.4 is 10.5 Å². The van der Waals surface area contributed by atoms with E-state index in [2.05, 4.69) is 36.6 Å². The van der Waals surface area contributed by atoms with Crippen LogP contribution in [0.2, 0.25) is 0 Å². The van der Waals surface area contributed by atoms with E-state index >= 15 is 0 Å². The van der Waals surface area contributed by atoms with E-state index in [-0.39, 0.29) is 22.7 Å². The number of anilines is 1. The third kappa shape index (κ3) is 3.54. The Morgan fingerprint density at radius 2 is 2.15 bits per heavy atom. The fourth-order valence-electron chi connectivity index (χ4n) is 2.24. The zero-order valence-electron chi connectivity index (χ0n) is 10.9. The second kappa shape index (κ2) is 6.31. The molecule has 1 aliphatic rings. The molecule has 0 radical (unpaired) electrons. The van der Waals surface area contributed by atoms with Crippen LogP contribution in [0, 0.1) is 0 Å². The average molecular weight is 428 g/mol. The van der Waals surface area contributed by atoms with Gasteiger partial charge in [0.15, 0.2) is 0 Å². The van der Waals surface area contributed by atoms with Gasteiger partial charge in [-0.1, -0.05) is 15.9 Å². The molecule has 0 saturated carbocycles. The Balaban J connectivity index is 2.26. The molecule has 112 valence electrons. The van der Waals surface area contributed by atoms with Gasteiger partial charge in [0.05, 0.1) is 11.8 Å². The van der Waals surface area contributed by atoms with Gasteiger partial charge >= 0.3 is 0 Å². The second-order valence-corrected chi connectivity index (χ2v) is 8.19. The smallest absolute Gasteiger partial charge is 0.244 e. The fourth-order valence-corrected chi connectivity index (χ4v) is 5.58. The standard InChI is InChI=1S/C12H16Br2N2O3S/c1-7(11-3-2-4-19-11)16-20(17,18)12-9(14)5-8(13)6-10(12)15/h5-7,11,16H,2-4,15H2,1H3. The maximum atomic E-state index is 12.5. The highest BCUT2D eigenvalue weighted by Crippen LogP contribution is 2.32. The number of sulfonamides is 1. The molecule has 1 heterocycles. The lowest BCUT2D eigenvalue weighted by Crippen LogP contribution is -2.41. The van der Waals surface area contributed by atoms with Crippen LogP contribution in [-0.2, 0) is 14.8 Å². The van der Waals surface area contributed by atoms with Crippen molar-refractivity contribution in [3.05, 3.63) is 21.1 Å². The van der Waals surface area contributed by atoms with E-state index < -0.39 is 10.0 Å². The lowest BCUT2D eigenvalue weighted by atomic mass is 10.1. The molecule has 3 N–H and O–H groups in total. The van der Waals surface area contributed by atoms with Crippen molar-refractivity contribution < 1.29 is 13.2 Å². The maximum absolute atomic E-state index is 12.5. The van der Waals surface area contributed by atoms with Crippen molar-refractivity contribution in [2.75, 3.05) is 12.3 Å². The molecule has 1 aromatic carbocycles. The summed E-state index contributed by atoms with van der Waals surface area (Å²) < 4.78 is 34.2. The summed E-state index contributed by atoms with van der Waals surface area (Å²) in [6.45, 7) is 2.48. The zero-order valence-corrected chi connectivity index (χ0v) is 14.9. The predicted molar refractivity (Wildman–Crippen MR) is 85.0 cm³/mol. The van der Waals surface area contributed by atoms with E-state index in [0.29, 0.717) is 15.6 Å².